The third kappa shape index (κ3) is 5.50. The number of anilines is 1. The van der Waals surface area contributed by atoms with Crippen LogP contribution in [-0.4, -0.2) is 34.5 Å². The third-order valence-electron chi connectivity index (χ3n) is 6.20. The largest absolute Gasteiger partial charge is 0.378 e. The fourth-order valence-electron chi connectivity index (χ4n) is 4.14. The van der Waals surface area contributed by atoms with E-state index in [1.807, 2.05) is 31.2 Å². The third-order valence-corrected chi connectivity index (χ3v) is 6.20. The van der Waals surface area contributed by atoms with Gasteiger partial charge >= 0.3 is 0 Å². The van der Waals surface area contributed by atoms with Gasteiger partial charge in [0.15, 0.2) is 0 Å². The molecule has 0 radical (unpaired) electrons. The minimum absolute atomic E-state index is 0.0533. The van der Waals surface area contributed by atoms with E-state index in [0.717, 1.165) is 22.7 Å². The van der Waals surface area contributed by atoms with Crippen LogP contribution in [0.15, 0.2) is 65.6 Å². The second-order valence-electron chi connectivity index (χ2n) is 9.13. The average molecular weight is 509 g/mol. The van der Waals surface area contributed by atoms with Crippen molar-refractivity contribution in [2.24, 2.45) is 0 Å². The Kier molecular flexibility index (Phi) is 7.33. The summed E-state index contributed by atoms with van der Waals surface area (Å²) >= 11 is 0. The van der Waals surface area contributed by atoms with Crippen molar-refractivity contribution in [2.45, 2.75) is 32.9 Å². The molecule has 0 fully saturated rings. The number of pyridine rings is 2. The van der Waals surface area contributed by atoms with Crippen LogP contribution in [0.25, 0.3) is 22.0 Å². The first-order chi connectivity index (χ1) is 17.5. The maximum absolute atomic E-state index is 14.8. The average Bonchev–Trinajstić information content (AvgIpc) is 2.84. The number of aryl methyl sites for hydroxylation is 1. The molecular formula is C28H27F3N4O2. The highest BCUT2D eigenvalue weighted by molar-refractivity contribution is 5.94. The molecule has 0 bridgehead atoms. The van der Waals surface area contributed by atoms with E-state index in [0.29, 0.717) is 16.8 Å². The molecule has 0 unspecified atom stereocenters. The molecule has 6 nitrogen and oxygen atoms in total. The smallest absolute Gasteiger partial charge is 0.266 e. The van der Waals surface area contributed by atoms with Crippen molar-refractivity contribution < 1.29 is 18.0 Å². The molecule has 0 saturated heterocycles. The van der Waals surface area contributed by atoms with Crippen LogP contribution in [-0.2, 0) is 11.3 Å². The molecule has 4 rings (SSSR count). The summed E-state index contributed by atoms with van der Waals surface area (Å²) in [5.41, 5.74) is 2.67. The van der Waals surface area contributed by atoms with Gasteiger partial charge < -0.3 is 14.8 Å². The molecular weight excluding hydrogens is 481 g/mol. The number of alkyl halides is 2. The lowest BCUT2D eigenvalue weighted by molar-refractivity contribution is -0.129. The van der Waals surface area contributed by atoms with Crippen molar-refractivity contribution in [2.75, 3.05) is 19.4 Å². The van der Waals surface area contributed by atoms with Crippen molar-refractivity contribution in [1.82, 2.24) is 14.5 Å². The minimum atomic E-state index is -2.91. The van der Waals surface area contributed by atoms with Crippen LogP contribution >= 0.6 is 0 Å². The van der Waals surface area contributed by atoms with Gasteiger partial charge in [-0.25, -0.2) is 13.2 Å². The first-order valence-electron chi connectivity index (χ1n) is 11.7. The van der Waals surface area contributed by atoms with Crippen LogP contribution in [0.1, 0.15) is 36.2 Å². The molecule has 2 heterocycles. The number of carbonyl (C=O) groups excluding carboxylic acids is 1. The standard InChI is InChI=1S/C28H27F3N4O2/c1-16-12-24(33-17(2)20-6-5-7-21(27(20)29)28(30)31)22-13-18(8-9-23(22)32-16)19-10-11-35(25(36)14-19)15-26(37)34(3)4/h5-14,17,28H,15H2,1-4H3,(H,32,33)/t17-/m1/s1. The van der Waals surface area contributed by atoms with Gasteiger partial charge in [0.1, 0.15) is 12.4 Å². The van der Waals surface area contributed by atoms with Gasteiger partial charge in [0, 0.05) is 48.7 Å². The molecule has 4 aromatic rings. The van der Waals surface area contributed by atoms with E-state index < -0.39 is 23.8 Å². The zero-order valence-electron chi connectivity index (χ0n) is 20.9. The summed E-state index contributed by atoms with van der Waals surface area (Å²) in [4.78, 5) is 30.6. The van der Waals surface area contributed by atoms with Gasteiger partial charge in [0.05, 0.1) is 17.1 Å². The van der Waals surface area contributed by atoms with Crippen LogP contribution in [0.3, 0.4) is 0 Å². The van der Waals surface area contributed by atoms with Gasteiger partial charge in [-0.05, 0) is 49.2 Å². The van der Waals surface area contributed by atoms with E-state index in [1.165, 1.54) is 27.7 Å². The predicted octanol–water partition coefficient (Wildman–Crippen LogP) is 5.71. The van der Waals surface area contributed by atoms with Crippen molar-refractivity contribution in [1.29, 1.82) is 0 Å². The number of amides is 1. The van der Waals surface area contributed by atoms with Crippen molar-refractivity contribution in [3.8, 4) is 11.1 Å². The van der Waals surface area contributed by atoms with Crippen molar-refractivity contribution >= 4 is 22.5 Å². The zero-order chi connectivity index (χ0) is 26.9. The first kappa shape index (κ1) is 25.9. The highest BCUT2D eigenvalue weighted by Gasteiger charge is 2.20. The number of fused-ring (bicyclic) bond motifs is 1. The Hall–Kier alpha value is -4.14. The molecule has 2 aromatic heterocycles. The van der Waals surface area contributed by atoms with Crippen LogP contribution in [0, 0.1) is 12.7 Å². The SMILES string of the molecule is Cc1cc(N[C@H](C)c2cccc(C(F)F)c2F)c2cc(-c3ccn(CC(=O)N(C)C)c(=O)c3)ccc2n1. The van der Waals surface area contributed by atoms with E-state index in [4.69, 9.17) is 0 Å². The number of benzene rings is 2. The first-order valence-corrected chi connectivity index (χ1v) is 11.7. The van der Waals surface area contributed by atoms with Crippen molar-refractivity contribution in [3.05, 3.63) is 93.8 Å². The van der Waals surface area contributed by atoms with Gasteiger partial charge in [0.2, 0.25) is 5.91 Å². The van der Waals surface area contributed by atoms with Gasteiger partial charge in [-0.15, -0.1) is 0 Å². The Morgan fingerprint density at radius 3 is 2.43 bits per heavy atom. The van der Waals surface area contributed by atoms with Crippen LogP contribution < -0.4 is 10.9 Å². The number of rotatable bonds is 7. The summed E-state index contributed by atoms with van der Waals surface area (Å²) in [5.74, 6) is -1.12. The lowest BCUT2D eigenvalue weighted by Crippen LogP contribution is -2.31. The molecule has 0 aliphatic heterocycles. The summed E-state index contributed by atoms with van der Waals surface area (Å²) in [6.45, 7) is 3.48. The Balaban J connectivity index is 1.70. The number of carbonyl (C=O) groups is 1. The maximum atomic E-state index is 14.8. The summed E-state index contributed by atoms with van der Waals surface area (Å²) in [7, 11) is 3.26. The van der Waals surface area contributed by atoms with Crippen LogP contribution in [0.4, 0.5) is 18.9 Å². The summed E-state index contributed by atoms with van der Waals surface area (Å²) in [6, 6.07) is 13.9. The normalized spacial score (nSPS) is 12.1. The van der Waals surface area contributed by atoms with Gasteiger partial charge in [-0.1, -0.05) is 24.3 Å². The lowest BCUT2D eigenvalue weighted by Gasteiger charge is -2.20. The molecule has 0 aliphatic carbocycles. The maximum Gasteiger partial charge on any atom is 0.266 e. The molecule has 0 aliphatic rings. The van der Waals surface area contributed by atoms with Gasteiger partial charge in [-0.3, -0.25) is 14.6 Å². The van der Waals surface area contributed by atoms with Crippen LogP contribution in [0.2, 0.25) is 0 Å². The lowest BCUT2D eigenvalue weighted by atomic mass is 10.0. The predicted molar refractivity (Wildman–Crippen MR) is 138 cm³/mol. The number of halogens is 3. The Labute approximate surface area is 212 Å². The number of nitrogens with one attached hydrogen (secondary N) is 1. The zero-order valence-corrected chi connectivity index (χ0v) is 20.9. The Bertz CT molecular complexity index is 1530. The van der Waals surface area contributed by atoms with Crippen molar-refractivity contribution in [3.63, 3.8) is 0 Å². The van der Waals surface area contributed by atoms with Gasteiger partial charge in [-0.2, -0.15) is 0 Å². The summed E-state index contributed by atoms with van der Waals surface area (Å²) < 4.78 is 42.5. The van der Waals surface area contributed by atoms with E-state index in [9.17, 15) is 22.8 Å². The second kappa shape index (κ2) is 10.5. The van der Waals surface area contributed by atoms with Gasteiger partial charge in [0.25, 0.3) is 12.0 Å². The number of likely N-dealkylation sites (N-methyl/N-ethyl adjacent to an activating group) is 1. The fraction of sp³-hybridized carbons (Fsp3) is 0.250. The molecule has 192 valence electrons. The fourth-order valence-corrected chi connectivity index (χ4v) is 4.14. The highest BCUT2D eigenvalue weighted by Crippen LogP contribution is 2.33. The monoisotopic (exact) mass is 508 g/mol. The summed E-state index contributed by atoms with van der Waals surface area (Å²) in [6.07, 6.45) is -1.33. The van der Waals surface area contributed by atoms with E-state index in [1.54, 1.807) is 33.3 Å². The summed E-state index contributed by atoms with van der Waals surface area (Å²) in [5, 5.41) is 3.98. The Morgan fingerprint density at radius 1 is 1.05 bits per heavy atom. The molecule has 37 heavy (non-hydrogen) atoms. The Morgan fingerprint density at radius 2 is 1.76 bits per heavy atom. The number of aromatic nitrogens is 2. The molecule has 1 amide bonds. The molecule has 0 spiro atoms. The topological polar surface area (TPSA) is 67.2 Å². The van der Waals surface area contributed by atoms with Crippen LogP contribution in [0.5, 0.6) is 0 Å². The molecule has 1 atom stereocenters. The van der Waals surface area contributed by atoms with E-state index in [2.05, 4.69) is 10.3 Å². The van der Waals surface area contributed by atoms with E-state index >= 15 is 0 Å². The molecule has 1 N–H and O–H groups in total. The minimum Gasteiger partial charge on any atom is -0.378 e. The number of hydrogen-bond donors (Lipinski definition) is 1. The molecule has 2 aromatic carbocycles. The number of hydrogen-bond acceptors (Lipinski definition) is 4. The number of nitrogens with zero attached hydrogens (tertiary/aromatic N) is 3. The quantitative estimate of drug-likeness (QED) is 0.347. The van der Waals surface area contributed by atoms with E-state index in [-0.39, 0.29) is 23.6 Å². The molecule has 9 heteroatoms. The molecule has 0 saturated carbocycles. The second-order valence-corrected chi connectivity index (χ2v) is 9.13. The highest BCUT2D eigenvalue weighted by atomic mass is 19.3.